The van der Waals surface area contributed by atoms with Gasteiger partial charge in [0.2, 0.25) is 0 Å². The maximum absolute atomic E-state index is 10.9. The second kappa shape index (κ2) is 7.04. The second-order valence-electron chi connectivity index (χ2n) is 6.04. The van der Waals surface area contributed by atoms with E-state index in [9.17, 15) is 4.79 Å². The average molecular weight is 355 g/mol. The zero-order chi connectivity index (χ0) is 17.9. The van der Waals surface area contributed by atoms with E-state index in [4.69, 9.17) is 14.4 Å². The van der Waals surface area contributed by atoms with Crippen LogP contribution in [-0.4, -0.2) is 55.4 Å². The summed E-state index contributed by atoms with van der Waals surface area (Å²) in [5.74, 6) is 0.750. The molecule has 0 unspecified atom stereocenters. The predicted octanol–water partition coefficient (Wildman–Crippen LogP) is 2.34. The highest BCUT2D eigenvalue weighted by Crippen LogP contribution is 2.19. The van der Waals surface area contributed by atoms with E-state index in [0.717, 1.165) is 5.39 Å². The summed E-state index contributed by atoms with van der Waals surface area (Å²) in [6.45, 7) is 1.17. The topological polar surface area (TPSA) is 114 Å². The van der Waals surface area contributed by atoms with E-state index in [1.807, 2.05) is 24.3 Å². The third kappa shape index (κ3) is 3.47. The molecule has 9 heteroatoms. The summed E-state index contributed by atoms with van der Waals surface area (Å²) in [5, 5.41) is 13.8. The van der Waals surface area contributed by atoms with Gasteiger partial charge in [-0.3, -0.25) is 0 Å². The number of nitrogens with zero attached hydrogens (tertiary/aromatic N) is 5. The molecule has 1 aliphatic heterocycles. The first-order valence-corrected chi connectivity index (χ1v) is 8.33. The molecule has 26 heavy (non-hydrogen) atoms. The zero-order valence-corrected chi connectivity index (χ0v) is 13.9. The van der Waals surface area contributed by atoms with E-state index < -0.39 is 6.09 Å². The van der Waals surface area contributed by atoms with Gasteiger partial charge in [0.05, 0.1) is 6.10 Å². The molecular weight excluding hydrogens is 338 g/mol. The van der Waals surface area contributed by atoms with Crippen LogP contribution in [0.3, 0.4) is 0 Å². The van der Waals surface area contributed by atoms with Crippen LogP contribution in [0.1, 0.15) is 18.7 Å². The van der Waals surface area contributed by atoms with Crippen molar-refractivity contribution in [1.82, 2.24) is 25.0 Å². The van der Waals surface area contributed by atoms with Crippen molar-refractivity contribution in [1.29, 1.82) is 0 Å². The number of hydrogen-bond donors (Lipinski definition) is 1. The van der Waals surface area contributed by atoms with Crippen molar-refractivity contribution in [2.45, 2.75) is 25.6 Å². The number of rotatable bonds is 4. The highest BCUT2D eigenvalue weighted by atomic mass is 16.5. The van der Waals surface area contributed by atoms with Gasteiger partial charge in [-0.2, -0.15) is 4.98 Å². The number of ether oxygens (including phenoxy) is 1. The Morgan fingerprint density at radius 2 is 2.12 bits per heavy atom. The molecule has 1 amide bonds. The second-order valence-corrected chi connectivity index (χ2v) is 6.04. The van der Waals surface area contributed by atoms with Crippen LogP contribution in [0.15, 0.2) is 35.0 Å². The highest BCUT2D eigenvalue weighted by molar-refractivity contribution is 5.76. The molecule has 0 aromatic carbocycles. The molecule has 134 valence electrons. The molecule has 4 rings (SSSR count). The number of pyridine rings is 2. The fourth-order valence-corrected chi connectivity index (χ4v) is 2.89. The smallest absolute Gasteiger partial charge is 0.407 e. The lowest BCUT2D eigenvalue weighted by molar-refractivity contribution is -0.00294. The molecule has 3 aromatic heterocycles. The van der Waals surface area contributed by atoms with E-state index in [1.165, 1.54) is 4.90 Å². The van der Waals surface area contributed by atoms with Gasteiger partial charge in [0.15, 0.2) is 11.5 Å². The average Bonchev–Trinajstić information content (AvgIpc) is 3.15. The van der Waals surface area contributed by atoms with Crippen molar-refractivity contribution in [3.63, 3.8) is 0 Å². The van der Waals surface area contributed by atoms with Crippen LogP contribution in [0, 0.1) is 0 Å². The summed E-state index contributed by atoms with van der Waals surface area (Å²) in [4.78, 5) is 25.3. The first-order valence-electron chi connectivity index (χ1n) is 8.33. The van der Waals surface area contributed by atoms with E-state index in [0.29, 0.717) is 49.0 Å². The van der Waals surface area contributed by atoms with Crippen molar-refractivity contribution in [3.8, 4) is 11.6 Å². The van der Waals surface area contributed by atoms with Gasteiger partial charge in [-0.25, -0.2) is 14.8 Å². The Hall–Kier alpha value is -3.07. The first kappa shape index (κ1) is 16.4. The SMILES string of the molecule is O=C(O)N1CCC(OCc2noc(-c3ccc4cccnc4n3)n2)CC1. The third-order valence-electron chi connectivity index (χ3n) is 4.31. The van der Waals surface area contributed by atoms with E-state index in [2.05, 4.69) is 20.1 Å². The number of piperidine rings is 1. The molecular formula is C17H17N5O4. The van der Waals surface area contributed by atoms with E-state index in [1.54, 1.807) is 6.20 Å². The molecule has 1 saturated heterocycles. The van der Waals surface area contributed by atoms with Gasteiger partial charge in [0.1, 0.15) is 12.3 Å². The molecule has 0 saturated carbocycles. The lowest BCUT2D eigenvalue weighted by Gasteiger charge is -2.29. The number of amides is 1. The molecule has 1 fully saturated rings. The predicted molar refractivity (Wildman–Crippen MR) is 90.2 cm³/mol. The fourth-order valence-electron chi connectivity index (χ4n) is 2.89. The van der Waals surface area contributed by atoms with Gasteiger partial charge >= 0.3 is 6.09 Å². The Kier molecular flexibility index (Phi) is 4.44. The molecule has 0 radical (unpaired) electrons. The highest BCUT2D eigenvalue weighted by Gasteiger charge is 2.23. The van der Waals surface area contributed by atoms with Crippen LogP contribution in [-0.2, 0) is 11.3 Å². The number of hydrogen-bond acceptors (Lipinski definition) is 7. The minimum atomic E-state index is -0.886. The molecule has 4 heterocycles. The summed E-state index contributed by atoms with van der Waals surface area (Å²) in [5.41, 5.74) is 1.18. The summed E-state index contributed by atoms with van der Waals surface area (Å²) in [7, 11) is 0. The monoisotopic (exact) mass is 355 g/mol. The molecule has 1 N–H and O–H groups in total. The summed E-state index contributed by atoms with van der Waals surface area (Å²) in [6, 6.07) is 7.50. The third-order valence-corrected chi connectivity index (χ3v) is 4.31. The van der Waals surface area contributed by atoms with Crippen LogP contribution in [0.25, 0.3) is 22.6 Å². The molecule has 0 atom stereocenters. The Bertz CT molecular complexity index is 920. The Labute approximate surface area is 148 Å². The molecule has 0 aliphatic carbocycles. The summed E-state index contributed by atoms with van der Waals surface area (Å²) < 4.78 is 11.0. The lowest BCUT2D eigenvalue weighted by Crippen LogP contribution is -2.40. The summed E-state index contributed by atoms with van der Waals surface area (Å²) >= 11 is 0. The maximum atomic E-state index is 10.9. The van der Waals surface area contributed by atoms with Crippen LogP contribution >= 0.6 is 0 Å². The Morgan fingerprint density at radius 3 is 2.92 bits per heavy atom. The van der Waals surface area contributed by atoms with Crippen molar-refractivity contribution >= 4 is 17.1 Å². The van der Waals surface area contributed by atoms with Crippen LogP contribution < -0.4 is 0 Å². The van der Waals surface area contributed by atoms with Crippen LogP contribution in [0.4, 0.5) is 4.79 Å². The quantitative estimate of drug-likeness (QED) is 0.758. The van der Waals surface area contributed by atoms with Crippen LogP contribution in [0.5, 0.6) is 0 Å². The molecule has 0 bridgehead atoms. The lowest BCUT2D eigenvalue weighted by atomic mass is 10.1. The zero-order valence-electron chi connectivity index (χ0n) is 13.9. The maximum Gasteiger partial charge on any atom is 0.407 e. The van der Waals surface area contributed by atoms with Gasteiger partial charge in [-0.05, 0) is 37.1 Å². The largest absolute Gasteiger partial charge is 0.465 e. The minimum absolute atomic E-state index is 0.00413. The van der Waals surface area contributed by atoms with Crippen LogP contribution in [0.2, 0.25) is 0 Å². The number of fused-ring (bicyclic) bond motifs is 1. The first-order chi connectivity index (χ1) is 12.7. The molecule has 3 aromatic rings. The number of carboxylic acid groups (broad SMARTS) is 1. The molecule has 9 nitrogen and oxygen atoms in total. The fraction of sp³-hybridized carbons (Fsp3) is 0.353. The van der Waals surface area contributed by atoms with Crippen molar-refractivity contribution in [2.75, 3.05) is 13.1 Å². The molecule has 0 spiro atoms. The number of likely N-dealkylation sites (tertiary alicyclic amines) is 1. The molecule has 1 aliphatic rings. The van der Waals surface area contributed by atoms with Gasteiger partial charge in [-0.1, -0.05) is 5.16 Å². The number of aromatic nitrogens is 4. The van der Waals surface area contributed by atoms with Crippen molar-refractivity contribution in [2.24, 2.45) is 0 Å². The normalized spacial score (nSPS) is 15.5. The number of carbonyl (C=O) groups is 1. The van der Waals surface area contributed by atoms with Gasteiger partial charge < -0.3 is 19.3 Å². The van der Waals surface area contributed by atoms with E-state index >= 15 is 0 Å². The van der Waals surface area contributed by atoms with E-state index in [-0.39, 0.29) is 12.7 Å². The van der Waals surface area contributed by atoms with Gasteiger partial charge in [-0.15, -0.1) is 0 Å². The van der Waals surface area contributed by atoms with Crippen molar-refractivity contribution < 1.29 is 19.2 Å². The summed E-state index contributed by atoms with van der Waals surface area (Å²) in [6.07, 6.45) is 2.12. The minimum Gasteiger partial charge on any atom is -0.465 e. The standard InChI is InChI=1S/C17H17N5O4/c23-17(24)22-8-5-12(6-9-22)25-10-14-20-16(26-21-14)13-4-3-11-2-1-7-18-15(11)19-13/h1-4,7,12H,5-6,8-10H2,(H,23,24). The van der Waals surface area contributed by atoms with Crippen molar-refractivity contribution in [3.05, 3.63) is 36.3 Å². The van der Waals surface area contributed by atoms with Gasteiger partial charge in [0, 0.05) is 24.7 Å². The Balaban J connectivity index is 1.38. The Morgan fingerprint density at radius 1 is 1.27 bits per heavy atom. The van der Waals surface area contributed by atoms with Gasteiger partial charge in [0.25, 0.3) is 5.89 Å².